The number of rotatable bonds is 8. The molecule has 0 radical (unpaired) electrons. The van der Waals surface area contributed by atoms with Gasteiger partial charge in [-0.1, -0.05) is 47.5 Å². The Hall–Kier alpha value is -2.69. The summed E-state index contributed by atoms with van der Waals surface area (Å²) < 4.78 is 11.6. The minimum absolute atomic E-state index is 0.252. The molecule has 3 aromatic carbocycles. The molecule has 0 spiro atoms. The lowest BCUT2D eigenvalue weighted by Crippen LogP contribution is -2.01. The quantitative estimate of drug-likeness (QED) is 0.341. The number of halogens is 2. The van der Waals surface area contributed by atoms with Crippen molar-refractivity contribution in [3.05, 3.63) is 87.9 Å². The molecule has 28 heavy (non-hydrogen) atoms. The van der Waals surface area contributed by atoms with Crippen molar-refractivity contribution in [3.8, 4) is 11.5 Å². The normalized spacial score (nSPS) is 10.8. The number of benzene rings is 3. The van der Waals surface area contributed by atoms with Crippen molar-refractivity contribution in [3.63, 3.8) is 0 Å². The van der Waals surface area contributed by atoms with Gasteiger partial charge >= 0.3 is 0 Å². The molecule has 3 rings (SSSR count). The topological polar surface area (TPSA) is 42.8 Å². The molecule has 0 aliphatic rings. The van der Waals surface area contributed by atoms with Gasteiger partial charge in [0.15, 0.2) is 11.5 Å². The molecule has 3 aromatic rings. The second-order valence-electron chi connectivity index (χ2n) is 5.86. The zero-order chi connectivity index (χ0) is 19.8. The van der Waals surface area contributed by atoms with Gasteiger partial charge in [0.1, 0.15) is 6.61 Å². The van der Waals surface area contributed by atoms with Crippen LogP contribution in [-0.4, -0.2) is 12.8 Å². The van der Waals surface area contributed by atoms with Gasteiger partial charge in [0.05, 0.1) is 18.5 Å². The second kappa shape index (κ2) is 10.0. The Kier molecular flexibility index (Phi) is 7.18. The van der Waals surface area contributed by atoms with Gasteiger partial charge in [-0.25, -0.2) is 0 Å². The Morgan fingerprint density at radius 3 is 2.36 bits per heavy atom. The smallest absolute Gasteiger partial charge is 0.161 e. The molecular formula is C22H20Cl2N2O2. The summed E-state index contributed by atoms with van der Waals surface area (Å²) in [4.78, 5) is 0. The van der Waals surface area contributed by atoms with E-state index in [2.05, 4.69) is 10.5 Å². The molecule has 0 fully saturated rings. The van der Waals surface area contributed by atoms with Crippen LogP contribution in [0.3, 0.4) is 0 Å². The van der Waals surface area contributed by atoms with Crippen molar-refractivity contribution < 1.29 is 9.47 Å². The molecular weight excluding hydrogens is 395 g/mol. The van der Waals surface area contributed by atoms with Crippen LogP contribution < -0.4 is 14.9 Å². The summed E-state index contributed by atoms with van der Waals surface area (Å²) in [6, 6.07) is 20.7. The highest BCUT2D eigenvalue weighted by atomic mass is 35.5. The van der Waals surface area contributed by atoms with E-state index in [9.17, 15) is 0 Å². The minimum Gasteiger partial charge on any atom is -0.490 e. The Bertz CT molecular complexity index is 926. The molecule has 0 aliphatic heterocycles. The van der Waals surface area contributed by atoms with E-state index in [1.807, 2.05) is 55.5 Å². The average Bonchev–Trinajstić information content (AvgIpc) is 2.70. The van der Waals surface area contributed by atoms with Crippen molar-refractivity contribution >= 4 is 35.1 Å². The molecule has 0 unspecified atom stereocenters. The van der Waals surface area contributed by atoms with E-state index in [0.29, 0.717) is 28.2 Å². The van der Waals surface area contributed by atoms with Crippen LogP contribution in [0.4, 0.5) is 5.69 Å². The van der Waals surface area contributed by atoms with E-state index in [1.54, 1.807) is 24.4 Å². The summed E-state index contributed by atoms with van der Waals surface area (Å²) in [6.07, 6.45) is 1.73. The van der Waals surface area contributed by atoms with Gasteiger partial charge in [-0.3, -0.25) is 5.43 Å². The summed E-state index contributed by atoms with van der Waals surface area (Å²) >= 11 is 12.4. The molecule has 0 amide bonds. The fourth-order valence-corrected chi connectivity index (χ4v) is 3.01. The average molecular weight is 415 g/mol. The van der Waals surface area contributed by atoms with Crippen LogP contribution in [0.1, 0.15) is 18.1 Å². The third-order valence-corrected chi connectivity index (χ3v) is 4.59. The van der Waals surface area contributed by atoms with E-state index in [0.717, 1.165) is 16.8 Å². The van der Waals surface area contributed by atoms with Gasteiger partial charge in [-0.2, -0.15) is 5.10 Å². The lowest BCUT2D eigenvalue weighted by molar-refractivity contribution is 0.269. The van der Waals surface area contributed by atoms with Crippen molar-refractivity contribution in [1.29, 1.82) is 0 Å². The summed E-state index contributed by atoms with van der Waals surface area (Å²) in [5, 5.41) is 5.39. The van der Waals surface area contributed by atoms with Crippen LogP contribution >= 0.6 is 23.2 Å². The maximum atomic E-state index is 6.21. The van der Waals surface area contributed by atoms with Gasteiger partial charge < -0.3 is 9.47 Å². The zero-order valence-electron chi connectivity index (χ0n) is 15.4. The van der Waals surface area contributed by atoms with Crippen LogP contribution in [0.2, 0.25) is 10.0 Å². The van der Waals surface area contributed by atoms with Crippen LogP contribution in [0.25, 0.3) is 0 Å². The zero-order valence-corrected chi connectivity index (χ0v) is 16.9. The Labute approximate surface area is 174 Å². The van der Waals surface area contributed by atoms with E-state index in [-0.39, 0.29) is 6.61 Å². The minimum atomic E-state index is 0.252. The first kappa shape index (κ1) is 20.1. The Balaban J connectivity index is 1.71. The van der Waals surface area contributed by atoms with Crippen molar-refractivity contribution in [2.24, 2.45) is 5.10 Å². The van der Waals surface area contributed by atoms with E-state index in [4.69, 9.17) is 32.7 Å². The highest BCUT2D eigenvalue weighted by molar-refractivity contribution is 6.35. The Morgan fingerprint density at radius 1 is 0.893 bits per heavy atom. The fourth-order valence-electron chi connectivity index (χ4n) is 2.51. The van der Waals surface area contributed by atoms with Crippen molar-refractivity contribution in [2.45, 2.75) is 13.5 Å². The summed E-state index contributed by atoms with van der Waals surface area (Å²) in [5.41, 5.74) is 5.53. The number of hydrazone groups is 1. The molecule has 0 aliphatic carbocycles. The van der Waals surface area contributed by atoms with Crippen LogP contribution in [0.15, 0.2) is 71.8 Å². The summed E-state index contributed by atoms with van der Waals surface area (Å²) in [6.45, 7) is 2.69. The second-order valence-corrected chi connectivity index (χ2v) is 6.68. The maximum absolute atomic E-state index is 6.21. The van der Waals surface area contributed by atoms with Crippen LogP contribution in [-0.2, 0) is 6.61 Å². The van der Waals surface area contributed by atoms with E-state index in [1.165, 1.54) is 0 Å². The number of nitrogens with one attached hydrogen (secondary N) is 1. The fraction of sp³-hybridized carbons (Fsp3) is 0.136. The van der Waals surface area contributed by atoms with Gasteiger partial charge in [-0.05, 0) is 55.0 Å². The number of hydrogen-bond donors (Lipinski definition) is 1. The number of nitrogens with zero attached hydrogens (tertiary/aromatic N) is 1. The molecule has 0 saturated heterocycles. The molecule has 6 heteroatoms. The maximum Gasteiger partial charge on any atom is 0.161 e. The van der Waals surface area contributed by atoms with Gasteiger partial charge in [0, 0.05) is 15.6 Å². The molecule has 4 nitrogen and oxygen atoms in total. The standard InChI is InChI=1S/C22H20Cl2N2O2/c1-2-27-22-13-16(14-25-26-17-7-4-3-5-8-17)11-12-21(22)28-15-18-19(23)9-6-10-20(18)24/h3-14,26H,2,15H2,1H3/b25-14+. The largest absolute Gasteiger partial charge is 0.490 e. The highest BCUT2D eigenvalue weighted by Gasteiger charge is 2.10. The monoisotopic (exact) mass is 414 g/mol. The molecule has 0 bridgehead atoms. The Morgan fingerprint density at radius 2 is 1.64 bits per heavy atom. The first-order valence-corrected chi connectivity index (χ1v) is 9.59. The summed E-state index contributed by atoms with van der Waals surface area (Å²) in [5.74, 6) is 1.25. The van der Waals surface area contributed by atoms with Crippen molar-refractivity contribution in [2.75, 3.05) is 12.0 Å². The number of anilines is 1. The van der Waals surface area contributed by atoms with Crippen molar-refractivity contribution in [1.82, 2.24) is 0 Å². The SMILES string of the molecule is CCOc1cc(/C=N/Nc2ccccc2)ccc1OCc1c(Cl)cccc1Cl. The van der Waals surface area contributed by atoms with Gasteiger partial charge in [-0.15, -0.1) is 0 Å². The van der Waals surface area contributed by atoms with E-state index >= 15 is 0 Å². The predicted octanol–water partition coefficient (Wildman–Crippen LogP) is 6.42. The number of hydrogen-bond acceptors (Lipinski definition) is 4. The molecule has 0 aromatic heterocycles. The lowest BCUT2D eigenvalue weighted by Gasteiger charge is -2.14. The predicted molar refractivity (Wildman–Crippen MR) is 116 cm³/mol. The summed E-state index contributed by atoms with van der Waals surface area (Å²) in [7, 11) is 0. The molecule has 144 valence electrons. The molecule has 0 atom stereocenters. The van der Waals surface area contributed by atoms with Gasteiger partial charge in [0.2, 0.25) is 0 Å². The van der Waals surface area contributed by atoms with Crippen LogP contribution in [0, 0.1) is 0 Å². The highest BCUT2D eigenvalue weighted by Crippen LogP contribution is 2.31. The molecule has 0 heterocycles. The third kappa shape index (κ3) is 5.41. The third-order valence-electron chi connectivity index (χ3n) is 3.88. The van der Waals surface area contributed by atoms with Gasteiger partial charge in [0.25, 0.3) is 0 Å². The first-order chi connectivity index (χ1) is 13.7. The number of ether oxygens (including phenoxy) is 2. The lowest BCUT2D eigenvalue weighted by atomic mass is 10.2. The molecule has 1 N–H and O–H groups in total. The first-order valence-electron chi connectivity index (χ1n) is 8.84. The van der Waals surface area contributed by atoms with E-state index < -0.39 is 0 Å². The molecule has 0 saturated carbocycles. The number of para-hydroxylation sites is 1. The van der Waals surface area contributed by atoms with Crippen LogP contribution in [0.5, 0.6) is 11.5 Å².